The van der Waals surface area contributed by atoms with Gasteiger partial charge in [0.2, 0.25) is 5.91 Å². The Morgan fingerprint density at radius 2 is 2.00 bits per heavy atom. The van der Waals surface area contributed by atoms with E-state index >= 15 is 0 Å². The number of rotatable bonds is 8. The normalized spacial score (nSPS) is 11.7. The maximum Gasteiger partial charge on any atom is 0.341 e. The van der Waals surface area contributed by atoms with Gasteiger partial charge in [0.15, 0.2) is 6.61 Å². The minimum atomic E-state index is -1.00. The fourth-order valence-corrected chi connectivity index (χ4v) is 1.78. The molecule has 0 radical (unpaired) electrons. The molecular formula is C14H19NO4S. The fraction of sp³-hybridized carbons (Fsp3) is 0.429. The van der Waals surface area contributed by atoms with Gasteiger partial charge in [-0.2, -0.15) is 11.8 Å². The van der Waals surface area contributed by atoms with Crippen molar-refractivity contribution in [2.75, 3.05) is 19.4 Å². The molecule has 20 heavy (non-hydrogen) atoms. The number of thioether (sulfide) groups is 1. The van der Waals surface area contributed by atoms with Crippen LogP contribution in [0.15, 0.2) is 24.3 Å². The molecule has 0 aliphatic carbocycles. The van der Waals surface area contributed by atoms with Crippen molar-refractivity contribution < 1.29 is 19.4 Å². The maximum absolute atomic E-state index is 11.6. The second kappa shape index (κ2) is 8.47. The number of nitrogens with one attached hydrogen (secondary N) is 1. The zero-order valence-corrected chi connectivity index (χ0v) is 12.4. The lowest BCUT2D eigenvalue weighted by Gasteiger charge is -2.10. The van der Waals surface area contributed by atoms with E-state index in [0.29, 0.717) is 12.3 Å². The Balaban J connectivity index is 2.34. The van der Waals surface area contributed by atoms with Crippen LogP contribution in [-0.2, 0) is 16.0 Å². The van der Waals surface area contributed by atoms with Crippen molar-refractivity contribution in [1.29, 1.82) is 0 Å². The van der Waals surface area contributed by atoms with Crippen LogP contribution in [0.1, 0.15) is 12.5 Å². The van der Waals surface area contributed by atoms with Crippen LogP contribution < -0.4 is 10.1 Å². The average molecular weight is 297 g/mol. The topological polar surface area (TPSA) is 75.6 Å². The van der Waals surface area contributed by atoms with E-state index < -0.39 is 5.97 Å². The first-order chi connectivity index (χ1) is 9.52. The third-order valence-corrected chi connectivity index (χ3v) is 3.64. The summed E-state index contributed by atoms with van der Waals surface area (Å²) in [7, 11) is 0. The molecule has 1 aromatic carbocycles. The molecule has 0 saturated carbocycles. The van der Waals surface area contributed by atoms with Crippen LogP contribution in [0.25, 0.3) is 0 Å². The summed E-state index contributed by atoms with van der Waals surface area (Å²) < 4.78 is 5.04. The average Bonchev–Trinajstić information content (AvgIpc) is 2.45. The van der Waals surface area contributed by atoms with Gasteiger partial charge in [0.05, 0.1) is 5.25 Å². The van der Waals surface area contributed by atoms with E-state index in [4.69, 9.17) is 9.84 Å². The lowest BCUT2D eigenvalue weighted by atomic mass is 10.1. The van der Waals surface area contributed by atoms with Gasteiger partial charge < -0.3 is 15.2 Å². The van der Waals surface area contributed by atoms with Crippen molar-refractivity contribution in [1.82, 2.24) is 5.32 Å². The summed E-state index contributed by atoms with van der Waals surface area (Å²) in [5.41, 5.74) is 1.06. The number of carbonyl (C=O) groups is 2. The summed E-state index contributed by atoms with van der Waals surface area (Å²) >= 11 is 1.51. The van der Waals surface area contributed by atoms with E-state index in [9.17, 15) is 9.59 Å². The molecule has 0 aliphatic rings. The highest BCUT2D eigenvalue weighted by Crippen LogP contribution is 2.12. The minimum absolute atomic E-state index is 0.0400. The molecule has 1 aromatic rings. The van der Waals surface area contributed by atoms with Crippen molar-refractivity contribution in [3.63, 3.8) is 0 Å². The second-order valence-corrected chi connectivity index (χ2v) is 5.42. The summed E-state index contributed by atoms with van der Waals surface area (Å²) in [6, 6.07) is 7.18. The molecule has 0 heterocycles. The van der Waals surface area contributed by atoms with Gasteiger partial charge in [-0.25, -0.2) is 4.79 Å². The molecular weight excluding hydrogens is 278 g/mol. The first-order valence-electron chi connectivity index (χ1n) is 6.27. The lowest BCUT2D eigenvalue weighted by Crippen LogP contribution is -2.32. The van der Waals surface area contributed by atoms with Crippen molar-refractivity contribution >= 4 is 23.6 Å². The van der Waals surface area contributed by atoms with Crippen molar-refractivity contribution in [2.45, 2.75) is 18.6 Å². The Labute approximate surface area is 122 Å². The molecule has 110 valence electrons. The third kappa shape index (κ3) is 5.97. The number of benzene rings is 1. The Bertz CT molecular complexity index is 447. The van der Waals surface area contributed by atoms with E-state index in [0.717, 1.165) is 12.0 Å². The Morgan fingerprint density at radius 1 is 1.35 bits per heavy atom. The van der Waals surface area contributed by atoms with Gasteiger partial charge in [-0.1, -0.05) is 12.1 Å². The molecule has 1 atom stereocenters. The van der Waals surface area contributed by atoms with Gasteiger partial charge >= 0.3 is 5.97 Å². The summed E-state index contributed by atoms with van der Waals surface area (Å²) in [6.07, 6.45) is 2.63. The van der Waals surface area contributed by atoms with Crippen molar-refractivity contribution in [3.8, 4) is 5.75 Å². The monoisotopic (exact) mass is 297 g/mol. The Hall–Kier alpha value is -1.69. The lowest BCUT2D eigenvalue weighted by molar-refractivity contribution is -0.139. The second-order valence-electron chi connectivity index (χ2n) is 4.25. The third-order valence-electron chi connectivity index (χ3n) is 2.72. The number of aliphatic carboxylic acids is 1. The van der Waals surface area contributed by atoms with Crippen molar-refractivity contribution in [3.05, 3.63) is 29.8 Å². The van der Waals surface area contributed by atoms with E-state index in [1.165, 1.54) is 11.8 Å². The zero-order chi connectivity index (χ0) is 15.0. The van der Waals surface area contributed by atoms with Crippen LogP contribution in [0.4, 0.5) is 0 Å². The first kappa shape index (κ1) is 16.4. The number of ether oxygens (including phenoxy) is 1. The molecule has 0 aliphatic heterocycles. The number of carbonyl (C=O) groups excluding carboxylic acids is 1. The SMILES string of the molecule is CSC(C)C(=O)NCCc1ccc(OCC(=O)O)cc1. The predicted molar refractivity (Wildman–Crippen MR) is 79.3 cm³/mol. The van der Waals surface area contributed by atoms with E-state index in [-0.39, 0.29) is 17.8 Å². The molecule has 0 bridgehead atoms. The van der Waals surface area contributed by atoms with Gasteiger partial charge in [-0.15, -0.1) is 0 Å². The van der Waals surface area contributed by atoms with Crippen LogP contribution in [0.5, 0.6) is 5.75 Å². The molecule has 6 heteroatoms. The van der Waals surface area contributed by atoms with Gasteiger partial charge in [0.25, 0.3) is 0 Å². The molecule has 0 saturated heterocycles. The van der Waals surface area contributed by atoms with Gasteiger partial charge in [-0.3, -0.25) is 4.79 Å². The quantitative estimate of drug-likeness (QED) is 0.761. The molecule has 1 amide bonds. The van der Waals surface area contributed by atoms with Crippen LogP contribution >= 0.6 is 11.8 Å². The maximum atomic E-state index is 11.6. The molecule has 0 aromatic heterocycles. The Morgan fingerprint density at radius 3 is 2.55 bits per heavy atom. The minimum Gasteiger partial charge on any atom is -0.482 e. The van der Waals surface area contributed by atoms with Crippen LogP contribution in [0, 0.1) is 0 Å². The number of carboxylic acids is 1. The van der Waals surface area contributed by atoms with Gasteiger partial charge in [-0.05, 0) is 37.3 Å². The largest absolute Gasteiger partial charge is 0.482 e. The van der Waals surface area contributed by atoms with Gasteiger partial charge in [0, 0.05) is 6.54 Å². The van der Waals surface area contributed by atoms with Crippen LogP contribution in [-0.4, -0.2) is 41.6 Å². The molecule has 2 N–H and O–H groups in total. The smallest absolute Gasteiger partial charge is 0.341 e. The molecule has 0 fully saturated rings. The molecule has 0 spiro atoms. The summed E-state index contributed by atoms with van der Waals surface area (Å²) in [4.78, 5) is 21.9. The number of carboxylic acid groups (broad SMARTS) is 1. The number of hydrogen-bond acceptors (Lipinski definition) is 4. The highest BCUT2D eigenvalue weighted by atomic mass is 32.2. The Kier molecular flexibility index (Phi) is 6.93. The predicted octanol–water partition coefficient (Wildman–Crippen LogP) is 1.56. The summed E-state index contributed by atoms with van der Waals surface area (Å²) in [6.45, 7) is 2.11. The van der Waals surface area contributed by atoms with E-state index in [1.54, 1.807) is 12.1 Å². The van der Waals surface area contributed by atoms with Crippen LogP contribution in [0.3, 0.4) is 0 Å². The van der Waals surface area contributed by atoms with Gasteiger partial charge in [0.1, 0.15) is 5.75 Å². The van der Waals surface area contributed by atoms with E-state index in [1.807, 2.05) is 25.3 Å². The molecule has 1 rings (SSSR count). The number of hydrogen-bond donors (Lipinski definition) is 2. The van der Waals surface area contributed by atoms with Crippen LogP contribution in [0.2, 0.25) is 0 Å². The zero-order valence-electron chi connectivity index (χ0n) is 11.6. The standard InChI is InChI=1S/C14H19NO4S/c1-10(20-2)14(18)15-8-7-11-3-5-12(6-4-11)19-9-13(16)17/h3-6,10H,7-9H2,1-2H3,(H,15,18)(H,16,17). The fourth-order valence-electron chi connectivity index (χ4n) is 1.48. The highest BCUT2D eigenvalue weighted by Gasteiger charge is 2.09. The summed E-state index contributed by atoms with van der Waals surface area (Å²) in [5, 5.41) is 11.3. The number of amides is 1. The van der Waals surface area contributed by atoms with E-state index in [2.05, 4.69) is 5.32 Å². The summed E-state index contributed by atoms with van der Waals surface area (Å²) in [5.74, 6) is -0.435. The first-order valence-corrected chi connectivity index (χ1v) is 7.55. The molecule has 1 unspecified atom stereocenters. The highest BCUT2D eigenvalue weighted by molar-refractivity contribution is 7.99. The van der Waals surface area contributed by atoms with Crippen molar-refractivity contribution in [2.24, 2.45) is 0 Å². The molecule has 5 nitrogen and oxygen atoms in total.